The van der Waals surface area contributed by atoms with E-state index in [1.54, 1.807) is 18.2 Å². The summed E-state index contributed by atoms with van der Waals surface area (Å²) < 4.78 is 19.1. The molecule has 2 N–H and O–H groups in total. The lowest BCUT2D eigenvalue weighted by atomic mass is 10.2. The molecule has 0 fully saturated rings. The Hall–Kier alpha value is -5.20. The van der Waals surface area contributed by atoms with Crippen LogP contribution in [0.25, 0.3) is 0 Å². The predicted molar refractivity (Wildman–Crippen MR) is 126 cm³/mol. The third-order valence-electron chi connectivity index (χ3n) is 4.57. The third-order valence-corrected chi connectivity index (χ3v) is 4.57. The van der Waals surface area contributed by atoms with E-state index in [0.29, 0.717) is 5.56 Å². The smallest absolute Gasteiger partial charge is 0.318 e. The second-order valence-electron chi connectivity index (χ2n) is 7.16. The minimum absolute atomic E-state index is 0.0158. The van der Waals surface area contributed by atoms with E-state index in [1.807, 2.05) is 0 Å². The molecule has 3 aromatic rings. The molecule has 0 aliphatic carbocycles. The standard InChI is InChI=1S/C23H18FN5O7/c24-18-6-1-2-7-19(18)26-22(30)10-11-23(31)27-25-14-15-4-3-5-17(12-15)36-21-9-8-16(28(32)33)13-20(21)29(34)35/h1-9,12-14H,10-11H2,(H,26,30)(H,27,31). The molecular weight excluding hydrogens is 477 g/mol. The van der Waals surface area contributed by atoms with Crippen molar-refractivity contribution < 1.29 is 28.6 Å². The summed E-state index contributed by atoms with van der Waals surface area (Å²) in [4.78, 5) is 44.4. The summed E-state index contributed by atoms with van der Waals surface area (Å²) in [6.45, 7) is 0. The quantitative estimate of drug-likeness (QED) is 0.240. The molecule has 2 amide bonds. The van der Waals surface area contributed by atoms with Crippen LogP contribution < -0.4 is 15.5 Å². The van der Waals surface area contributed by atoms with E-state index in [2.05, 4.69) is 15.8 Å². The predicted octanol–water partition coefficient (Wildman–Crippen LogP) is 4.30. The summed E-state index contributed by atoms with van der Waals surface area (Å²) >= 11 is 0. The van der Waals surface area contributed by atoms with Crippen LogP contribution in [0.15, 0.2) is 71.8 Å². The highest BCUT2D eigenvalue weighted by atomic mass is 19.1. The number of hydrogen-bond acceptors (Lipinski definition) is 8. The Labute approximate surface area is 202 Å². The normalized spacial score (nSPS) is 10.6. The molecule has 0 atom stereocenters. The average Bonchev–Trinajstić information content (AvgIpc) is 2.84. The zero-order valence-electron chi connectivity index (χ0n) is 18.4. The Morgan fingerprint density at radius 2 is 1.69 bits per heavy atom. The van der Waals surface area contributed by atoms with Crippen molar-refractivity contribution in [3.63, 3.8) is 0 Å². The number of hydrogen-bond donors (Lipinski definition) is 2. The minimum atomic E-state index is -0.792. The van der Waals surface area contributed by atoms with Gasteiger partial charge in [0.1, 0.15) is 11.6 Å². The van der Waals surface area contributed by atoms with Crippen LogP contribution in [-0.2, 0) is 9.59 Å². The minimum Gasteiger partial charge on any atom is -0.450 e. The highest BCUT2D eigenvalue weighted by Crippen LogP contribution is 2.34. The molecule has 0 aromatic heterocycles. The number of carbonyl (C=O) groups is 2. The first-order valence-electron chi connectivity index (χ1n) is 10.3. The Morgan fingerprint density at radius 3 is 2.42 bits per heavy atom. The van der Waals surface area contributed by atoms with Gasteiger partial charge < -0.3 is 10.1 Å². The van der Waals surface area contributed by atoms with Crippen molar-refractivity contribution in [1.29, 1.82) is 0 Å². The summed E-state index contributed by atoms with van der Waals surface area (Å²) in [7, 11) is 0. The lowest BCUT2D eigenvalue weighted by molar-refractivity contribution is -0.394. The molecule has 12 nitrogen and oxygen atoms in total. The van der Waals surface area contributed by atoms with Gasteiger partial charge in [0.05, 0.1) is 27.8 Å². The molecule has 13 heteroatoms. The number of ether oxygens (including phenoxy) is 1. The van der Waals surface area contributed by atoms with Gasteiger partial charge in [0.15, 0.2) is 0 Å². The molecule has 0 bridgehead atoms. The molecule has 0 aliphatic heterocycles. The third kappa shape index (κ3) is 7.15. The van der Waals surface area contributed by atoms with Crippen LogP contribution in [0.4, 0.5) is 21.5 Å². The maximum Gasteiger partial charge on any atom is 0.318 e. The zero-order valence-corrected chi connectivity index (χ0v) is 18.4. The second-order valence-corrected chi connectivity index (χ2v) is 7.16. The van der Waals surface area contributed by atoms with Crippen molar-refractivity contribution in [3.05, 3.63) is 98.3 Å². The first-order valence-corrected chi connectivity index (χ1v) is 10.3. The summed E-state index contributed by atoms with van der Waals surface area (Å²) in [5.74, 6) is -1.68. The molecule has 184 valence electrons. The monoisotopic (exact) mass is 495 g/mol. The number of carbonyl (C=O) groups excluding carboxylic acids is 2. The molecule has 0 saturated carbocycles. The number of para-hydroxylation sites is 1. The lowest BCUT2D eigenvalue weighted by Crippen LogP contribution is -2.20. The number of nitrogens with zero attached hydrogens (tertiary/aromatic N) is 3. The Bertz CT molecular complexity index is 1350. The number of nitro groups is 2. The first kappa shape index (κ1) is 25.4. The van der Waals surface area contributed by atoms with Crippen LogP contribution in [0.5, 0.6) is 11.5 Å². The Kier molecular flexibility index (Phi) is 8.32. The van der Waals surface area contributed by atoms with Crippen molar-refractivity contribution in [2.75, 3.05) is 5.32 Å². The van der Waals surface area contributed by atoms with E-state index in [0.717, 1.165) is 18.2 Å². The van der Waals surface area contributed by atoms with Gasteiger partial charge in [0, 0.05) is 18.9 Å². The number of nitrogens with one attached hydrogen (secondary N) is 2. The van der Waals surface area contributed by atoms with E-state index in [9.17, 15) is 34.2 Å². The SMILES string of the molecule is O=C(CCC(=O)Nc1ccccc1F)NN=Cc1cccc(Oc2ccc([N+](=O)[O-])cc2[N+](=O)[O-])c1. The fraction of sp³-hybridized carbons (Fsp3) is 0.0870. The van der Waals surface area contributed by atoms with Gasteiger partial charge in [0.25, 0.3) is 5.69 Å². The van der Waals surface area contributed by atoms with Crippen LogP contribution in [0.3, 0.4) is 0 Å². The molecule has 0 spiro atoms. The number of non-ortho nitro benzene ring substituents is 1. The molecule has 0 saturated heterocycles. The van der Waals surface area contributed by atoms with Crippen LogP contribution in [0.2, 0.25) is 0 Å². The van der Waals surface area contributed by atoms with Gasteiger partial charge in [0.2, 0.25) is 17.6 Å². The maximum absolute atomic E-state index is 13.6. The van der Waals surface area contributed by atoms with Crippen molar-refractivity contribution >= 4 is 35.1 Å². The van der Waals surface area contributed by atoms with Gasteiger partial charge in [-0.1, -0.05) is 24.3 Å². The highest BCUT2D eigenvalue weighted by molar-refractivity contribution is 5.93. The molecule has 0 unspecified atom stereocenters. The van der Waals surface area contributed by atoms with Crippen LogP contribution in [-0.4, -0.2) is 27.9 Å². The van der Waals surface area contributed by atoms with Gasteiger partial charge in [-0.05, 0) is 35.9 Å². The summed E-state index contributed by atoms with van der Waals surface area (Å²) in [6.07, 6.45) is 0.909. The van der Waals surface area contributed by atoms with Crippen LogP contribution in [0, 0.1) is 26.0 Å². The van der Waals surface area contributed by atoms with E-state index < -0.39 is 38.9 Å². The van der Waals surface area contributed by atoms with Gasteiger partial charge in [-0.3, -0.25) is 29.8 Å². The number of benzene rings is 3. The average molecular weight is 495 g/mol. The van der Waals surface area contributed by atoms with E-state index in [-0.39, 0.29) is 30.0 Å². The number of rotatable bonds is 10. The molecule has 36 heavy (non-hydrogen) atoms. The van der Waals surface area contributed by atoms with Crippen molar-refractivity contribution in [2.45, 2.75) is 12.8 Å². The van der Waals surface area contributed by atoms with Gasteiger partial charge >= 0.3 is 5.69 Å². The summed E-state index contributed by atoms with van der Waals surface area (Å²) in [6, 6.07) is 14.8. The van der Waals surface area contributed by atoms with Crippen LogP contribution in [0.1, 0.15) is 18.4 Å². The van der Waals surface area contributed by atoms with E-state index in [4.69, 9.17) is 4.74 Å². The largest absolute Gasteiger partial charge is 0.450 e. The highest BCUT2D eigenvalue weighted by Gasteiger charge is 2.21. The first-order chi connectivity index (χ1) is 17.2. The number of anilines is 1. The number of hydrazone groups is 1. The molecule has 3 aromatic carbocycles. The van der Waals surface area contributed by atoms with E-state index in [1.165, 1.54) is 36.5 Å². The fourth-order valence-electron chi connectivity index (χ4n) is 2.87. The van der Waals surface area contributed by atoms with E-state index >= 15 is 0 Å². The maximum atomic E-state index is 13.6. The Balaban J connectivity index is 1.55. The lowest BCUT2D eigenvalue weighted by Gasteiger charge is -2.07. The fourth-order valence-corrected chi connectivity index (χ4v) is 2.87. The molecular formula is C23H18FN5O7. The number of halogens is 1. The Morgan fingerprint density at radius 1 is 0.944 bits per heavy atom. The van der Waals surface area contributed by atoms with Crippen molar-refractivity contribution in [2.24, 2.45) is 5.10 Å². The van der Waals surface area contributed by atoms with Crippen molar-refractivity contribution in [3.8, 4) is 11.5 Å². The van der Waals surface area contributed by atoms with Crippen molar-refractivity contribution in [1.82, 2.24) is 5.43 Å². The van der Waals surface area contributed by atoms with Gasteiger partial charge in [-0.15, -0.1) is 0 Å². The zero-order chi connectivity index (χ0) is 26.1. The van der Waals surface area contributed by atoms with Gasteiger partial charge in [-0.2, -0.15) is 5.10 Å². The number of amides is 2. The summed E-state index contributed by atoms with van der Waals surface area (Å²) in [5.41, 5.74) is 1.71. The molecule has 0 aliphatic rings. The number of nitro benzene ring substituents is 2. The molecule has 0 heterocycles. The van der Waals surface area contributed by atoms with Crippen LogP contribution >= 0.6 is 0 Å². The molecule has 3 rings (SSSR count). The topological polar surface area (TPSA) is 166 Å². The molecule has 0 radical (unpaired) electrons. The second kappa shape index (κ2) is 11.8. The summed E-state index contributed by atoms with van der Waals surface area (Å²) in [5, 5.41) is 28.3. The van der Waals surface area contributed by atoms with Gasteiger partial charge in [-0.25, -0.2) is 9.82 Å².